The number of rotatable bonds is 3. The molecule has 0 amide bonds. The average Bonchev–Trinajstić information content (AvgIpc) is 2.32. The van der Waals surface area contributed by atoms with Crippen LogP contribution in [0.1, 0.15) is 24.2 Å². The van der Waals surface area contributed by atoms with Gasteiger partial charge < -0.3 is 10.1 Å². The van der Waals surface area contributed by atoms with Crippen molar-refractivity contribution in [3.8, 4) is 0 Å². The Morgan fingerprint density at radius 2 is 1.94 bits per heavy atom. The Morgan fingerprint density at radius 3 is 2.62 bits per heavy atom. The lowest BCUT2D eigenvalue weighted by Gasteiger charge is -2.22. The first-order valence-electron chi connectivity index (χ1n) is 5.75. The molecule has 1 saturated heterocycles. The van der Waals surface area contributed by atoms with Crippen molar-refractivity contribution < 1.29 is 4.74 Å². The maximum absolute atomic E-state index is 5.32. The van der Waals surface area contributed by atoms with E-state index in [0.717, 1.165) is 44.0 Å². The summed E-state index contributed by atoms with van der Waals surface area (Å²) in [6, 6.07) is 0. The van der Waals surface area contributed by atoms with E-state index in [9.17, 15) is 0 Å². The van der Waals surface area contributed by atoms with Gasteiger partial charge in [0.15, 0.2) is 0 Å². The van der Waals surface area contributed by atoms with Crippen LogP contribution in [0.4, 0.5) is 5.95 Å². The van der Waals surface area contributed by atoms with Crippen LogP contribution in [0.25, 0.3) is 0 Å². The summed E-state index contributed by atoms with van der Waals surface area (Å²) in [6.45, 7) is 6.52. The third-order valence-electron chi connectivity index (χ3n) is 2.98. The first-order chi connectivity index (χ1) is 7.75. The molecule has 5 heteroatoms. The molecule has 1 aromatic rings. The number of aryl methyl sites for hydroxylation is 2. The molecule has 0 aromatic carbocycles. The SMILES string of the molecule is Cc1nnc(NCC2CCOCC2)nc1C. The van der Waals surface area contributed by atoms with Gasteiger partial charge in [0.05, 0.1) is 11.4 Å². The monoisotopic (exact) mass is 222 g/mol. The van der Waals surface area contributed by atoms with Crippen LogP contribution in [0, 0.1) is 19.8 Å². The minimum atomic E-state index is 0.634. The van der Waals surface area contributed by atoms with Gasteiger partial charge in [0, 0.05) is 19.8 Å². The Labute approximate surface area is 95.6 Å². The van der Waals surface area contributed by atoms with Crippen LogP contribution >= 0.6 is 0 Å². The fraction of sp³-hybridized carbons (Fsp3) is 0.727. The molecule has 0 aliphatic carbocycles. The van der Waals surface area contributed by atoms with E-state index in [1.165, 1.54) is 0 Å². The minimum Gasteiger partial charge on any atom is -0.381 e. The number of nitrogens with zero attached hydrogens (tertiary/aromatic N) is 3. The zero-order valence-corrected chi connectivity index (χ0v) is 9.86. The molecule has 2 heterocycles. The first kappa shape index (κ1) is 11.3. The molecule has 0 atom stereocenters. The number of aromatic nitrogens is 3. The van der Waals surface area contributed by atoms with Gasteiger partial charge in [0.25, 0.3) is 0 Å². The molecular weight excluding hydrogens is 204 g/mol. The average molecular weight is 222 g/mol. The van der Waals surface area contributed by atoms with E-state index in [0.29, 0.717) is 11.9 Å². The van der Waals surface area contributed by atoms with E-state index >= 15 is 0 Å². The smallest absolute Gasteiger partial charge is 0.242 e. The molecule has 5 nitrogen and oxygen atoms in total. The van der Waals surface area contributed by atoms with Crippen molar-refractivity contribution in [3.05, 3.63) is 11.4 Å². The molecule has 1 N–H and O–H groups in total. The molecule has 88 valence electrons. The van der Waals surface area contributed by atoms with Crippen molar-refractivity contribution in [2.45, 2.75) is 26.7 Å². The van der Waals surface area contributed by atoms with E-state index in [-0.39, 0.29) is 0 Å². The Hall–Kier alpha value is -1.23. The summed E-state index contributed by atoms with van der Waals surface area (Å²) < 4.78 is 5.32. The van der Waals surface area contributed by atoms with Gasteiger partial charge in [0.1, 0.15) is 0 Å². The highest BCUT2D eigenvalue weighted by molar-refractivity contribution is 5.24. The lowest BCUT2D eigenvalue weighted by atomic mass is 10.0. The second kappa shape index (κ2) is 5.21. The summed E-state index contributed by atoms with van der Waals surface area (Å²) in [5, 5.41) is 11.3. The molecule has 0 saturated carbocycles. The fourth-order valence-electron chi connectivity index (χ4n) is 1.72. The van der Waals surface area contributed by atoms with Crippen LogP contribution < -0.4 is 5.32 Å². The zero-order valence-electron chi connectivity index (χ0n) is 9.86. The van der Waals surface area contributed by atoms with Crippen molar-refractivity contribution in [2.24, 2.45) is 5.92 Å². The van der Waals surface area contributed by atoms with E-state index in [2.05, 4.69) is 20.5 Å². The Balaban J connectivity index is 1.86. The summed E-state index contributed by atoms with van der Waals surface area (Å²) in [5.74, 6) is 1.30. The van der Waals surface area contributed by atoms with Gasteiger partial charge in [-0.25, -0.2) is 4.98 Å². The number of nitrogens with one attached hydrogen (secondary N) is 1. The lowest BCUT2D eigenvalue weighted by molar-refractivity contribution is 0.0699. The van der Waals surface area contributed by atoms with Crippen molar-refractivity contribution in [1.29, 1.82) is 0 Å². The fourth-order valence-corrected chi connectivity index (χ4v) is 1.72. The summed E-state index contributed by atoms with van der Waals surface area (Å²) in [7, 11) is 0. The maximum Gasteiger partial charge on any atom is 0.242 e. The molecule has 1 aromatic heterocycles. The van der Waals surface area contributed by atoms with E-state index in [1.54, 1.807) is 0 Å². The first-order valence-corrected chi connectivity index (χ1v) is 5.75. The third-order valence-corrected chi connectivity index (χ3v) is 2.98. The van der Waals surface area contributed by atoms with E-state index in [4.69, 9.17) is 4.74 Å². The molecule has 1 fully saturated rings. The Bertz CT molecular complexity index is 350. The summed E-state index contributed by atoms with van der Waals surface area (Å²) in [4.78, 5) is 4.34. The van der Waals surface area contributed by atoms with Crippen molar-refractivity contribution in [3.63, 3.8) is 0 Å². The normalized spacial score (nSPS) is 17.4. The van der Waals surface area contributed by atoms with E-state index < -0.39 is 0 Å². The van der Waals surface area contributed by atoms with Gasteiger partial charge in [-0.15, -0.1) is 5.10 Å². The molecule has 1 aliphatic rings. The molecule has 1 aliphatic heterocycles. The van der Waals surface area contributed by atoms with Gasteiger partial charge in [-0.2, -0.15) is 5.10 Å². The minimum absolute atomic E-state index is 0.634. The summed E-state index contributed by atoms with van der Waals surface area (Å²) >= 11 is 0. The van der Waals surface area contributed by atoms with Crippen LogP contribution in [-0.2, 0) is 4.74 Å². The standard InChI is InChI=1S/C11H18N4O/c1-8-9(2)14-15-11(13-8)12-7-10-3-5-16-6-4-10/h10H,3-7H2,1-2H3,(H,12,13,15). The number of anilines is 1. The maximum atomic E-state index is 5.32. The number of hydrogen-bond donors (Lipinski definition) is 1. The molecule has 0 bridgehead atoms. The Kier molecular flexibility index (Phi) is 3.66. The van der Waals surface area contributed by atoms with Gasteiger partial charge in [0.2, 0.25) is 5.95 Å². The molecule has 0 radical (unpaired) electrons. The van der Waals surface area contributed by atoms with Crippen LogP contribution in [-0.4, -0.2) is 34.9 Å². The van der Waals surface area contributed by atoms with Gasteiger partial charge >= 0.3 is 0 Å². The van der Waals surface area contributed by atoms with Gasteiger partial charge in [-0.1, -0.05) is 0 Å². The highest BCUT2D eigenvalue weighted by atomic mass is 16.5. The second-order valence-corrected chi connectivity index (χ2v) is 4.24. The highest BCUT2D eigenvalue weighted by Crippen LogP contribution is 2.14. The second-order valence-electron chi connectivity index (χ2n) is 4.24. The predicted octanol–water partition coefficient (Wildman–Crippen LogP) is 1.33. The van der Waals surface area contributed by atoms with Crippen molar-refractivity contribution in [2.75, 3.05) is 25.1 Å². The van der Waals surface area contributed by atoms with Crippen LogP contribution in [0.5, 0.6) is 0 Å². The van der Waals surface area contributed by atoms with Crippen LogP contribution in [0.2, 0.25) is 0 Å². The number of hydrogen-bond acceptors (Lipinski definition) is 5. The topological polar surface area (TPSA) is 59.9 Å². The largest absolute Gasteiger partial charge is 0.381 e. The molecule has 0 spiro atoms. The van der Waals surface area contributed by atoms with Gasteiger partial charge in [-0.05, 0) is 32.6 Å². The quantitative estimate of drug-likeness (QED) is 0.836. The number of ether oxygens (including phenoxy) is 1. The molecule has 2 rings (SSSR count). The van der Waals surface area contributed by atoms with Crippen molar-refractivity contribution in [1.82, 2.24) is 15.2 Å². The molecule has 0 unspecified atom stereocenters. The molecular formula is C11H18N4O. The third kappa shape index (κ3) is 2.88. The predicted molar refractivity (Wildman–Crippen MR) is 61.3 cm³/mol. The summed E-state index contributed by atoms with van der Waals surface area (Å²) in [5.41, 5.74) is 1.82. The van der Waals surface area contributed by atoms with Crippen LogP contribution in [0.3, 0.4) is 0 Å². The highest BCUT2D eigenvalue weighted by Gasteiger charge is 2.13. The van der Waals surface area contributed by atoms with Crippen molar-refractivity contribution >= 4 is 5.95 Å². The van der Waals surface area contributed by atoms with E-state index in [1.807, 2.05) is 13.8 Å². The summed E-state index contributed by atoms with van der Waals surface area (Å²) in [6.07, 6.45) is 2.23. The molecule has 16 heavy (non-hydrogen) atoms. The van der Waals surface area contributed by atoms with Crippen LogP contribution in [0.15, 0.2) is 0 Å². The van der Waals surface area contributed by atoms with Gasteiger partial charge in [-0.3, -0.25) is 0 Å². The Morgan fingerprint density at radius 1 is 1.19 bits per heavy atom. The zero-order chi connectivity index (χ0) is 11.4. The lowest BCUT2D eigenvalue weighted by Crippen LogP contribution is -2.23.